The topological polar surface area (TPSA) is 79.0 Å². The molecule has 1 aromatic carbocycles. The van der Waals surface area contributed by atoms with E-state index in [1.807, 2.05) is 24.3 Å². The molecular weight excluding hydrogens is 364 g/mol. The smallest absolute Gasteiger partial charge is 0.255 e. The van der Waals surface area contributed by atoms with Crippen molar-refractivity contribution in [2.75, 3.05) is 20.2 Å². The number of halogens is 1. The standard InChI is InChI=1S/C20H28N4O2.ClH/c1-26-17-10-8-15(9-11-17)19-18(14-23-24-19)20(25)22-13-12-21-16-6-4-2-3-5-7-16;/h8-11,14,16,21H,2-7,12-13H2,1H3,(H,22,25)(H,23,24);1H. The van der Waals surface area contributed by atoms with Crippen molar-refractivity contribution in [3.63, 3.8) is 0 Å². The number of methoxy groups -OCH3 is 1. The molecule has 0 spiro atoms. The zero-order valence-corrected chi connectivity index (χ0v) is 16.6. The van der Waals surface area contributed by atoms with Gasteiger partial charge in [-0.25, -0.2) is 0 Å². The van der Waals surface area contributed by atoms with E-state index < -0.39 is 0 Å². The fraction of sp³-hybridized carbons (Fsp3) is 0.500. The average molecular weight is 393 g/mol. The molecule has 0 bridgehead atoms. The number of hydrogen-bond donors (Lipinski definition) is 3. The highest BCUT2D eigenvalue weighted by atomic mass is 35.5. The van der Waals surface area contributed by atoms with Gasteiger partial charge < -0.3 is 15.4 Å². The molecule has 148 valence electrons. The van der Waals surface area contributed by atoms with Gasteiger partial charge in [-0.05, 0) is 37.1 Å². The molecule has 0 atom stereocenters. The van der Waals surface area contributed by atoms with Gasteiger partial charge in [-0.3, -0.25) is 9.89 Å². The number of benzene rings is 1. The van der Waals surface area contributed by atoms with Gasteiger partial charge >= 0.3 is 0 Å². The second-order valence-electron chi connectivity index (χ2n) is 6.79. The maximum Gasteiger partial charge on any atom is 0.255 e. The summed E-state index contributed by atoms with van der Waals surface area (Å²) in [5.74, 6) is 0.677. The van der Waals surface area contributed by atoms with Gasteiger partial charge in [0, 0.05) is 24.7 Å². The van der Waals surface area contributed by atoms with Gasteiger partial charge in [0.1, 0.15) is 5.75 Å². The van der Waals surface area contributed by atoms with Crippen LogP contribution in [0.3, 0.4) is 0 Å². The third kappa shape index (κ3) is 5.97. The maximum absolute atomic E-state index is 12.5. The number of hydrogen-bond acceptors (Lipinski definition) is 4. The monoisotopic (exact) mass is 392 g/mol. The first kappa shape index (κ1) is 21.3. The Morgan fingerprint density at radius 1 is 1.15 bits per heavy atom. The highest BCUT2D eigenvalue weighted by Gasteiger charge is 2.15. The van der Waals surface area contributed by atoms with E-state index in [-0.39, 0.29) is 18.3 Å². The highest BCUT2D eigenvalue weighted by Crippen LogP contribution is 2.23. The summed E-state index contributed by atoms with van der Waals surface area (Å²) in [6, 6.07) is 8.16. The summed E-state index contributed by atoms with van der Waals surface area (Å²) >= 11 is 0. The molecule has 6 nitrogen and oxygen atoms in total. The molecule has 1 aromatic heterocycles. The Kier molecular flexibility index (Phi) is 8.61. The van der Waals surface area contributed by atoms with E-state index in [0.29, 0.717) is 18.2 Å². The number of rotatable bonds is 7. The normalized spacial score (nSPS) is 14.9. The molecule has 0 aliphatic heterocycles. The Morgan fingerprint density at radius 3 is 2.52 bits per heavy atom. The van der Waals surface area contributed by atoms with Crippen LogP contribution in [0.5, 0.6) is 5.75 Å². The molecule has 0 radical (unpaired) electrons. The van der Waals surface area contributed by atoms with Gasteiger partial charge in [-0.15, -0.1) is 12.4 Å². The summed E-state index contributed by atoms with van der Waals surface area (Å²) in [5.41, 5.74) is 2.19. The summed E-state index contributed by atoms with van der Waals surface area (Å²) in [7, 11) is 1.63. The van der Waals surface area contributed by atoms with Crippen molar-refractivity contribution in [2.45, 2.75) is 44.6 Å². The van der Waals surface area contributed by atoms with Crippen LogP contribution in [-0.2, 0) is 0 Å². The number of nitrogens with one attached hydrogen (secondary N) is 3. The number of nitrogens with zero attached hydrogens (tertiary/aromatic N) is 1. The lowest BCUT2D eigenvalue weighted by molar-refractivity contribution is 0.0954. The van der Waals surface area contributed by atoms with Crippen molar-refractivity contribution in [3.05, 3.63) is 36.0 Å². The van der Waals surface area contributed by atoms with Gasteiger partial charge in [0.2, 0.25) is 0 Å². The predicted molar refractivity (Wildman–Crippen MR) is 110 cm³/mol. The van der Waals surface area contributed by atoms with E-state index in [0.717, 1.165) is 23.6 Å². The van der Waals surface area contributed by atoms with Crippen molar-refractivity contribution >= 4 is 18.3 Å². The van der Waals surface area contributed by atoms with Crippen LogP contribution < -0.4 is 15.4 Å². The number of H-pyrrole nitrogens is 1. The molecule has 7 heteroatoms. The Bertz CT molecular complexity index is 694. The van der Waals surface area contributed by atoms with Crippen molar-refractivity contribution in [3.8, 4) is 17.0 Å². The van der Waals surface area contributed by atoms with Crippen molar-refractivity contribution < 1.29 is 9.53 Å². The van der Waals surface area contributed by atoms with Crippen molar-refractivity contribution in [1.29, 1.82) is 0 Å². The minimum atomic E-state index is -0.104. The van der Waals surface area contributed by atoms with E-state index in [1.54, 1.807) is 13.3 Å². The molecule has 1 fully saturated rings. The predicted octanol–water partition coefficient (Wildman–Crippen LogP) is 3.55. The third-order valence-corrected chi connectivity index (χ3v) is 4.96. The minimum absolute atomic E-state index is 0. The molecular formula is C20H29ClN4O2. The molecule has 1 saturated carbocycles. The maximum atomic E-state index is 12.5. The van der Waals surface area contributed by atoms with Crippen LogP contribution in [0.2, 0.25) is 0 Å². The van der Waals surface area contributed by atoms with E-state index in [2.05, 4.69) is 20.8 Å². The SMILES string of the molecule is COc1ccc(-c2[nH]ncc2C(=O)NCCNC2CCCCCC2)cc1.Cl. The second-order valence-corrected chi connectivity index (χ2v) is 6.79. The molecule has 3 N–H and O–H groups in total. The number of carbonyl (C=O) groups is 1. The molecule has 1 heterocycles. The number of aromatic nitrogens is 2. The quantitative estimate of drug-likeness (QED) is 0.497. The molecule has 0 saturated heterocycles. The Morgan fingerprint density at radius 2 is 1.85 bits per heavy atom. The number of ether oxygens (including phenoxy) is 1. The fourth-order valence-electron chi connectivity index (χ4n) is 3.47. The first-order valence-corrected chi connectivity index (χ1v) is 9.47. The zero-order valence-electron chi connectivity index (χ0n) is 15.8. The molecule has 27 heavy (non-hydrogen) atoms. The highest BCUT2D eigenvalue weighted by molar-refractivity contribution is 5.99. The van der Waals surface area contributed by atoms with Crippen LogP contribution in [0.15, 0.2) is 30.5 Å². The van der Waals surface area contributed by atoms with Crippen LogP contribution in [0.1, 0.15) is 48.9 Å². The number of amides is 1. The average Bonchev–Trinajstić information content (AvgIpc) is 3.02. The third-order valence-electron chi connectivity index (χ3n) is 4.96. The van der Waals surface area contributed by atoms with Crippen molar-refractivity contribution in [2.24, 2.45) is 0 Å². The first-order chi connectivity index (χ1) is 12.8. The van der Waals surface area contributed by atoms with E-state index in [1.165, 1.54) is 38.5 Å². The number of carbonyl (C=O) groups excluding carboxylic acids is 1. The Labute approximate surface area is 166 Å². The largest absolute Gasteiger partial charge is 0.497 e. The van der Waals surface area contributed by atoms with E-state index in [9.17, 15) is 4.79 Å². The van der Waals surface area contributed by atoms with Crippen LogP contribution >= 0.6 is 12.4 Å². The zero-order chi connectivity index (χ0) is 18.2. The minimum Gasteiger partial charge on any atom is -0.497 e. The molecule has 0 unspecified atom stereocenters. The van der Waals surface area contributed by atoms with E-state index >= 15 is 0 Å². The summed E-state index contributed by atoms with van der Waals surface area (Å²) in [5, 5.41) is 13.5. The summed E-state index contributed by atoms with van der Waals surface area (Å²) in [4.78, 5) is 12.5. The van der Waals surface area contributed by atoms with Crippen LogP contribution in [-0.4, -0.2) is 42.3 Å². The van der Waals surface area contributed by atoms with Gasteiger partial charge in [0.25, 0.3) is 5.91 Å². The molecule has 2 aromatic rings. The van der Waals surface area contributed by atoms with Crippen LogP contribution in [0.4, 0.5) is 0 Å². The fourth-order valence-corrected chi connectivity index (χ4v) is 3.47. The molecule has 1 aliphatic carbocycles. The molecule has 3 rings (SSSR count). The van der Waals surface area contributed by atoms with Crippen molar-refractivity contribution in [1.82, 2.24) is 20.8 Å². The number of aromatic amines is 1. The Balaban J connectivity index is 0.00000261. The van der Waals surface area contributed by atoms with Crippen LogP contribution in [0.25, 0.3) is 11.3 Å². The second kappa shape index (κ2) is 10.9. The van der Waals surface area contributed by atoms with Gasteiger partial charge in [-0.2, -0.15) is 5.10 Å². The summed E-state index contributed by atoms with van der Waals surface area (Å²) < 4.78 is 5.18. The van der Waals surface area contributed by atoms with Gasteiger partial charge in [0.05, 0.1) is 24.6 Å². The Hall–Kier alpha value is -2.05. The summed E-state index contributed by atoms with van der Waals surface area (Å²) in [6.45, 7) is 1.41. The molecule has 1 amide bonds. The lowest BCUT2D eigenvalue weighted by Crippen LogP contribution is -2.36. The molecule has 1 aliphatic rings. The summed E-state index contributed by atoms with van der Waals surface area (Å²) in [6.07, 6.45) is 9.39. The lowest BCUT2D eigenvalue weighted by atomic mass is 10.1. The van der Waals surface area contributed by atoms with Gasteiger partial charge in [-0.1, -0.05) is 25.7 Å². The lowest BCUT2D eigenvalue weighted by Gasteiger charge is -2.16. The van der Waals surface area contributed by atoms with Gasteiger partial charge in [0.15, 0.2) is 0 Å². The first-order valence-electron chi connectivity index (χ1n) is 9.47. The van der Waals surface area contributed by atoms with Crippen LogP contribution in [0, 0.1) is 0 Å². The van der Waals surface area contributed by atoms with E-state index in [4.69, 9.17) is 4.74 Å².